The lowest BCUT2D eigenvalue weighted by molar-refractivity contribution is 0.0818. The summed E-state index contributed by atoms with van der Waals surface area (Å²) in [6.07, 6.45) is 0. The molecule has 0 amide bonds. The number of phenolic OH excluding ortho intramolecular Hbond substituents is 1. The number of ketones is 2. The summed E-state index contributed by atoms with van der Waals surface area (Å²) < 4.78 is 15.4. The lowest BCUT2D eigenvalue weighted by Crippen LogP contribution is -2.21. The Morgan fingerprint density at radius 1 is 0.818 bits per heavy atom. The molecule has 188 valence electrons. The first-order valence-corrected chi connectivity index (χ1v) is 10.5. The Hall–Kier alpha value is -3.10. The van der Waals surface area contributed by atoms with E-state index in [2.05, 4.69) is 0 Å². The van der Waals surface area contributed by atoms with Crippen LogP contribution in [0, 0.1) is 12.8 Å². The predicted octanol–water partition coefficient (Wildman–Crippen LogP) is 4.26. The van der Waals surface area contributed by atoms with Gasteiger partial charge in [-0.05, 0) is 37.6 Å². The van der Waals surface area contributed by atoms with Crippen LogP contribution in [0.3, 0.4) is 0 Å². The van der Waals surface area contributed by atoms with Gasteiger partial charge < -0.3 is 29.9 Å². The number of phenols is 1. The Morgan fingerprint density at radius 3 is 1.79 bits per heavy atom. The van der Waals surface area contributed by atoms with Crippen LogP contribution in [-0.4, -0.2) is 55.7 Å². The van der Waals surface area contributed by atoms with Crippen LogP contribution in [-0.2, 0) is 0 Å². The van der Waals surface area contributed by atoms with Crippen molar-refractivity contribution in [2.45, 2.75) is 41.5 Å². The van der Waals surface area contributed by atoms with Gasteiger partial charge in [0, 0.05) is 12.7 Å². The average molecular weight is 469 g/mol. The van der Waals surface area contributed by atoms with E-state index < -0.39 is 11.7 Å². The lowest BCUT2D eigenvalue weighted by atomic mass is 9.90. The molecular weight excluding hydrogens is 428 g/mol. The van der Waals surface area contributed by atoms with Gasteiger partial charge in [0.25, 0.3) is 0 Å². The number of ether oxygens (including phenoxy) is 3. The van der Waals surface area contributed by atoms with Gasteiger partial charge in [-0.1, -0.05) is 39.8 Å². The molecule has 0 aliphatic carbocycles. The molecule has 4 N–H and O–H groups in total. The summed E-state index contributed by atoms with van der Waals surface area (Å²) in [5, 5.41) is 17.3. The zero-order valence-corrected chi connectivity index (χ0v) is 21.4. The molecule has 0 aliphatic rings. The maximum Gasteiger partial charge on any atom is 0.203 e. The quantitative estimate of drug-likeness (QED) is 0.458. The van der Waals surface area contributed by atoms with Crippen molar-refractivity contribution < 1.29 is 39.5 Å². The van der Waals surface area contributed by atoms with Crippen LogP contribution in [0.15, 0.2) is 30.3 Å². The maximum atomic E-state index is 12.8. The lowest BCUT2D eigenvalue weighted by Gasteiger charge is -2.15. The van der Waals surface area contributed by atoms with E-state index in [1.54, 1.807) is 18.2 Å². The molecule has 0 aromatic heterocycles. The van der Waals surface area contributed by atoms with E-state index in [0.29, 0.717) is 17.1 Å². The Bertz CT molecular complexity index is 847. The molecule has 0 spiro atoms. The topological polar surface area (TPSA) is 134 Å². The fraction of sp³-hybridized carbons (Fsp3) is 0.440. The first-order chi connectivity index (χ1) is 15.3. The second-order valence-electron chi connectivity index (χ2n) is 5.83. The second-order valence-corrected chi connectivity index (χ2v) is 5.83. The molecule has 0 fully saturated rings. The molecule has 0 heterocycles. The van der Waals surface area contributed by atoms with Gasteiger partial charge in [0.05, 0.1) is 32.8 Å². The molecule has 2 aromatic carbocycles. The van der Waals surface area contributed by atoms with Gasteiger partial charge >= 0.3 is 0 Å². The molecule has 2 aromatic rings. The molecule has 0 radical (unpaired) electrons. The molecule has 0 saturated heterocycles. The van der Waals surface area contributed by atoms with Gasteiger partial charge in [0.1, 0.15) is 5.75 Å². The number of aromatic hydroxyl groups is 1. The first kappa shape index (κ1) is 34.5. The Balaban J connectivity index is -0.00000119. The molecule has 8 heteroatoms. The van der Waals surface area contributed by atoms with Gasteiger partial charge in [0.15, 0.2) is 23.1 Å². The maximum absolute atomic E-state index is 12.8. The Morgan fingerprint density at radius 2 is 1.33 bits per heavy atom. The van der Waals surface area contributed by atoms with Crippen molar-refractivity contribution in [1.29, 1.82) is 0 Å². The molecular formula is C25H40O8. The summed E-state index contributed by atoms with van der Waals surface area (Å²) in [7, 11) is 5.31. The molecule has 0 saturated carbocycles. The third-order valence-electron chi connectivity index (χ3n) is 4.26. The van der Waals surface area contributed by atoms with Gasteiger partial charge in [-0.3, -0.25) is 9.59 Å². The van der Waals surface area contributed by atoms with Gasteiger partial charge in [-0.2, -0.15) is 0 Å². The minimum atomic E-state index is -0.980. The highest BCUT2D eigenvalue weighted by Crippen LogP contribution is 2.39. The average Bonchev–Trinajstić information content (AvgIpc) is 2.86. The highest BCUT2D eigenvalue weighted by molar-refractivity contribution is 6.17. The SMILES string of the molecule is CC.CC.CO.COc1cc(C(=O)C(C)C(=O)c2ccc(OC)c(OC)c2O)ccc1C.O. The summed E-state index contributed by atoms with van der Waals surface area (Å²) in [5.41, 5.74) is 1.26. The zero-order chi connectivity index (χ0) is 25.4. The van der Waals surface area contributed by atoms with E-state index in [4.69, 9.17) is 19.3 Å². The van der Waals surface area contributed by atoms with Crippen molar-refractivity contribution in [2.24, 2.45) is 5.92 Å². The summed E-state index contributed by atoms with van der Waals surface area (Å²) in [5.74, 6) is -1.27. The Labute approximate surface area is 197 Å². The predicted molar refractivity (Wildman–Crippen MR) is 131 cm³/mol. The molecule has 8 nitrogen and oxygen atoms in total. The Kier molecular flexibility index (Phi) is 19.3. The molecule has 0 aliphatic heterocycles. The minimum absolute atomic E-state index is 0. The fourth-order valence-electron chi connectivity index (χ4n) is 2.69. The molecule has 0 bridgehead atoms. The molecule has 1 unspecified atom stereocenters. The van der Waals surface area contributed by atoms with Crippen molar-refractivity contribution in [3.05, 3.63) is 47.0 Å². The van der Waals surface area contributed by atoms with Crippen molar-refractivity contribution in [3.63, 3.8) is 0 Å². The summed E-state index contributed by atoms with van der Waals surface area (Å²) in [6, 6.07) is 7.95. The number of aryl methyl sites for hydroxylation is 1. The largest absolute Gasteiger partial charge is 0.504 e. The van der Waals surface area contributed by atoms with Crippen LogP contribution in [0.5, 0.6) is 23.0 Å². The number of benzene rings is 2. The van der Waals surface area contributed by atoms with Crippen LogP contribution in [0.4, 0.5) is 0 Å². The van der Waals surface area contributed by atoms with E-state index in [0.717, 1.165) is 12.7 Å². The van der Waals surface area contributed by atoms with Crippen molar-refractivity contribution in [1.82, 2.24) is 0 Å². The van der Waals surface area contributed by atoms with Crippen LogP contribution >= 0.6 is 0 Å². The van der Waals surface area contributed by atoms with Crippen LogP contribution in [0.1, 0.15) is 60.9 Å². The smallest absolute Gasteiger partial charge is 0.203 e. The van der Waals surface area contributed by atoms with E-state index >= 15 is 0 Å². The van der Waals surface area contributed by atoms with E-state index in [-0.39, 0.29) is 28.3 Å². The molecule has 33 heavy (non-hydrogen) atoms. The molecule has 2 rings (SSSR count). The van der Waals surface area contributed by atoms with E-state index in [1.807, 2.05) is 34.6 Å². The number of rotatable bonds is 7. The van der Waals surface area contributed by atoms with Gasteiger partial charge in [-0.25, -0.2) is 0 Å². The van der Waals surface area contributed by atoms with E-state index in [1.165, 1.54) is 40.4 Å². The fourth-order valence-corrected chi connectivity index (χ4v) is 2.69. The first-order valence-electron chi connectivity index (χ1n) is 10.5. The number of carbonyl (C=O) groups excluding carboxylic acids is 2. The normalized spacial score (nSPS) is 9.67. The number of Topliss-reactive ketones (excluding diaryl/α,β-unsaturated/α-hetero) is 2. The number of aliphatic hydroxyl groups is 1. The van der Waals surface area contributed by atoms with Crippen molar-refractivity contribution in [2.75, 3.05) is 28.4 Å². The van der Waals surface area contributed by atoms with Crippen LogP contribution in [0.2, 0.25) is 0 Å². The number of methoxy groups -OCH3 is 3. The number of hydrogen-bond acceptors (Lipinski definition) is 7. The third-order valence-corrected chi connectivity index (χ3v) is 4.26. The second kappa shape index (κ2) is 18.5. The van der Waals surface area contributed by atoms with Crippen molar-refractivity contribution in [3.8, 4) is 23.0 Å². The van der Waals surface area contributed by atoms with Crippen LogP contribution in [0.25, 0.3) is 0 Å². The molecule has 1 atom stereocenters. The highest BCUT2D eigenvalue weighted by Gasteiger charge is 2.28. The number of carbonyl (C=O) groups is 2. The summed E-state index contributed by atoms with van der Waals surface area (Å²) in [4.78, 5) is 25.5. The third kappa shape index (κ3) is 8.75. The zero-order valence-electron chi connectivity index (χ0n) is 21.4. The van der Waals surface area contributed by atoms with E-state index in [9.17, 15) is 14.7 Å². The highest BCUT2D eigenvalue weighted by atomic mass is 16.5. The van der Waals surface area contributed by atoms with Crippen LogP contribution < -0.4 is 14.2 Å². The van der Waals surface area contributed by atoms with Gasteiger partial charge in [0.2, 0.25) is 5.75 Å². The van der Waals surface area contributed by atoms with Crippen molar-refractivity contribution >= 4 is 11.6 Å². The van der Waals surface area contributed by atoms with Gasteiger partial charge in [-0.15, -0.1) is 0 Å². The number of aliphatic hydroxyl groups excluding tert-OH is 1. The summed E-state index contributed by atoms with van der Waals surface area (Å²) >= 11 is 0. The summed E-state index contributed by atoms with van der Waals surface area (Å²) in [6.45, 7) is 11.4. The monoisotopic (exact) mass is 468 g/mol. The number of hydrogen-bond donors (Lipinski definition) is 2. The standard InChI is InChI=1S/C20H22O6.2C2H6.CH4O.H2O/c1-11-6-7-13(10-16(11)25-4)17(21)12(2)18(22)14-8-9-15(24-3)20(26-5)19(14)23;3*1-2;/h6-10,12,23H,1-5H3;2*1-2H3;2H,1H3;1H2. The minimum Gasteiger partial charge on any atom is -0.504 e.